The van der Waals surface area contributed by atoms with E-state index in [1.165, 1.54) is 6.08 Å². The molecule has 206 valence electrons. The summed E-state index contributed by atoms with van der Waals surface area (Å²) < 4.78 is 7.76. The third-order valence-electron chi connectivity index (χ3n) is 6.91. The van der Waals surface area contributed by atoms with E-state index in [4.69, 9.17) is 16.0 Å². The van der Waals surface area contributed by atoms with Crippen LogP contribution in [0.1, 0.15) is 18.9 Å². The summed E-state index contributed by atoms with van der Waals surface area (Å²) in [5, 5.41) is 20.0. The van der Waals surface area contributed by atoms with Crippen LogP contribution in [-0.2, 0) is 11.8 Å². The van der Waals surface area contributed by atoms with Crippen LogP contribution in [0.5, 0.6) is 5.75 Å². The van der Waals surface area contributed by atoms with E-state index in [9.17, 15) is 4.79 Å². The minimum absolute atomic E-state index is 0.0784. The van der Waals surface area contributed by atoms with Gasteiger partial charge in [-0.1, -0.05) is 12.6 Å². The first-order valence-electron chi connectivity index (χ1n) is 12.9. The van der Waals surface area contributed by atoms with Crippen LogP contribution in [0.25, 0.3) is 16.6 Å². The Morgan fingerprint density at radius 2 is 2.08 bits per heavy atom. The molecule has 1 aliphatic rings. The van der Waals surface area contributed by atoms with Gasteiger partial charge in [-0.3, -0.25) is 20.7 Å². The number of amides is 1. The van der Waals surface area contributed by atoms with Gasteiger partial charge in [-0.25, -0.2) is 0 Å². The first-order chi connectivity index (χ1) is 18.7. The number of carbonyl (C=O) groups is 1. The second-order valence-electron chi connectivity index (χ2n) is 9.59. The van der Waals surface area contributed by atoms with Gasteiger partial charge in [-0.15, -0.1) is 0 Å². The number of fused-ring (bicyclic) bond motifs is 1. The first-order valence-corrected chi connectivity index (χ1v) is 12.9. The highest BCUT2D eigenvalue weighted by atomic mass is 16.5. The maximum absolute atomic E-state index is 12.3. The average Bonchev–Trinajstić information content (AvgIpc) is 3.53. The van der Waals surface area contributed by atoms with Crippen LogP contribution in [0.3, 0.4) is 0 Å². The summed E-state index contributed by atoms with van der Waals surface area (Å²) in [5.41, 5.74) is 7.02. The molecule has 1 atom stereocenters. The SMILES string of the molecule is C=CC(=O)Nc1cc(NC(=N)/C=C(\NN)c2ccc3c(cnn3C)c2)c(OCC)cc1N(C)C1CCN(C)C1. The molecule has 2 heterocycles. The van der Waals surface area contributed by atoms with Crippen molar-refractivity contribution < 1.29 is 9.53 Å². The molecule has 0 aliphatic carbocycles. The van der Waals surface area contributed by atoms with Gasteiger partial charge in [-0.2, -0.15) is 5.10 Å². The smallest absolute Gasteiger partial charge is 0.247 e. The van der Waals surface area contributed by atoms with Crippen molar-refractivity contribution in [3.8, 4) is 5.75 Å². The van der Waals surface area contributed by atoms with E-state index < -0.39 is 0 Å². The second-order valence-corrected chi connectivity index (χ2v) is 9.59. The fourth-order valence-corrected chi connectivity index (χ4v) is 4.81. The number of likely N-dealkylation sites (N-methyl/N-ethyl adjacent to an activating group) is 2. The average molecular weight is 532 g/mol. The van der Waals surface area contributed by atoms with Gasteiger partial charge < -0.3 is 30.6 Å². The highest BCUT2D eigenvalue weighted by Crippen LogP contribution is 2.38. The van der Waals surface area contributed by atoms with Gasteiger partial charge >= 0.3 is 0 Å². The number of aromatic nitrogens is 2. The van der Waals surface area contributed by atoms with Crippen LogP contribution in [-0.4, -0.2) is 66.3 Å². The molecule has 0 spiro atoms. The van der Waals surface area contributed by atoms with Gasteiger partial charge in [0.25, 0.3) is 0 Å². The molecule has 2 aromatic carbocycles. The molecule has 1 aromatic heterocycles. The van der Waals surface area contributed by atoms with Gasteiger partial charge in [0.1, 0.15) is 11.6 Å². The first kappa shape index (κ1) is 27.7. The zero-order valence-electron chi connectivity index (χ0n) is 22.9. The summed E-state index contributed by atoms with van der Waals surface area (Å²) in [6.45, 7) is 7.86. The number of nitrogens with one attached hydrogen (secondary N) is 4. The number of hydrogen-bond acceptors (Lipinski definition) is 8. The molecule has 11 heteroatoms. The van der Waals surface area contributed by atoms with Gasteiger partial charge in [0.15, 0.2) is 0 Å². The number of ether oxygens (including phenoxy) is 1. The van der Waals surface area contributed by atoms with Gasteiger partial charge in [0.2, 0.25) is 5.91 Å². The van der Waals surface area contributed by atoms with Gasteiger partial charge in [-0.05, 0) is 56.8 Å². The lowest BCUT2D eigenvalue weighted by atomic mass is 10.1. The molecule has 1 amide bonds. The zero-order chi connectivity index (χ0) is 28.1. The number of hydrazine groups is 1. The topological polar surface area (TPSA) is 137 Å². The van der Waals surface area contributed by atoms with Crippen molar-refractivity contribution in [2.75, 3.05) is 49.3 Å². The quantitative estimate of drug-likeness (QED) is 0.0885. The lowest BCUT2D eigenvalue weighted by Gasteiger charge is -2.30. The van der Waals surface area contributed by atoms with Crippen molar-refractivity contribution in [2.24, 2.45) is 12.9 Å². The van der Waals surface area contributed by atoms with Gasteiger partial charge in [0, 0.05) is 44.2 Å². The zero-order valence-corrected chi connectivity index (χ0v) is 22.9. The number of nitrogens with zero attached hydrogens (tertiary/aromatic N) is 4. The van der Waals surface area contributed by atoms with Crippen LogP contribution in [0, 0.1) is 5.41 Å². The maximum Gasteiger partial charge on any atom is 0.247 e. The monoisotopic (exact) mass is 531 g/mol. The molecule has 39 heavy (non-hydrogen) atoms. The summed E-state index contributed by atoms with van der Waals surface area (Å²) in [6, 6.07) is 9.82. The minimum Gasteiger partial charge on any atom is -0.492 e. The predicted molar refractivity (Wildman–Crippen MR) is 158 cm³/mol. The number of benzene rings is 2. The van der Waals surface area contributed by atoms with Crippen molar-refractivity contribution in [1.29, 1.82) is 5.41 Å². The van der Waals surface area contributed by atoms with Gasteiger partial charge in [0.05, 0.1) is 41.1 Å². The molecular weight excluding hydrogens is 494 g/mol. The van der Waals surface area contributed by atoms with Crippen LogP contribution < -0.4 is 31.5 Å². The number of amidine groups is 1. The Kier molecular flexibility index (Phi) is 8.52. The maximum atomic E-state index is 12.3. The normalized spacial score (nSPS) is 15.7. The standard InChI is InChI=1S/C28H37N9O2/c1-6-28(38)33-22-13-23(26(39-7-2)15-25(22)36(4)20-10-11-35(3)17-20)32-27(29)14-21(34-30)18-8-9-24-19(12-18)16-31-37(24)5/h6,8-9,12-16,20,34H,1,7,10-11,17,30H2,2-5H3,(H2,29,32)(H,33,38)/b21-14-. The number of aryl methyl sites for hydroxylation is 1. The van der Waals surface area contributed by atoms with Crippen molar-refractivity contribution in [3.63, 3.8) is 0 Å². The van der Waals surface area contributed by atoms with E-state index in [1.807, 2.05) is 45.3 Å². The molecule has 6 N–H and O–H groups in total. The summed E-state index contributed by atoms with van der Waals surface area (Å²) in [7, 11) is 6.01. The number of nitrogens with two attached hydrogens (primary N) is 1. The number of rotatable bonds is 10. The molecule has 0 bridgehead atoms. The van der Waals surface area contributed by atoms with E-state index >= 15 is 0 Å². The van der Waals surface area contributed by atoms with Crippen molar-refractivity contribution >= 4 is 45.4 Å². The second kappa shape index (κ2) is 12.0. The van der Waals surface area contributed by atoms with E-state index in [2.05, 4.69) is 44.6 Å². The molecule has 0 radical (unpaired) electrons. The molecular formula is C28H37N9O2. The highest BCUT2D eigenvalue weighted by molar-refractivity contribution is 6.08. The number of likely N-dealkylation sites (tertiary alicyclic amines) is 1. The van der Waals surface area contributed by atoms with Crippen molar-refractivity contribution in [2.45, 2.75) is 19.4 Å². The molecule has 1 unspecified atom stereocenters. The number of hydrogen-bond donors (Lipinski definition) is 5. The van der Waals surface area contributed by atoms with Crippen LogP contribution >= 0.6 is 0 Å². The summed E-state index contributed by atoms with van der Waals surface area (Å²) in [5.74, 6) is 6.16. The fourth-order valence-electron chi connectivity index (χ4n) is 4.81. The molecule has 3 aromatic rings. The molecule has 1 fully saturated rings. The van der Waals surface area contributed by atoms with E-state index in [0.29, 0.717) is 35.5 Å². The minimum atomic E-state index is -0.321. The molecule has 4 rings (SSSR count). The Labute approximate surface area is 228 Å². The molecule has 1 aliphatic heterocycles. The Morgan fingerprint density at radius 1 is 1.28 bits per heavy atom. The summed E-state index contributed by atoms with van der Waals surface area (Å²) in [6.07, 6.45) is 5.64. The lowest BCUT2D eigenvalue weighted by molar-refractivity contribution is -0.111. The highest BCUT2D eigenvalue weighted by Gasteiger charge is 2.26. The third kappa shape index (κ3) is 6.21. The van der Waals surface area contributed by atoms with E-state index in [-0.39, 0.29) is 11.7 Å². The Balaban J connectivity index is 1.67. The summed E-state index contributed by atoms with van der Waals surface area (Å²) >= 11 is 0. The molecule has 0 saturated carbocycles. The largest absolute Gasteiger partial charge is 0.492 e. The Bertz CT molecular complexity index is 1410. The number of carbonyl (C=O) groups excluding carboxylic acids is 1. The Hall–Kier alpha value is -4.35. The fraction of sp³-hybridized carbons (Fsp3) is 0.321. The summed E-state index contributed by atoms with van der Waals surface area (Å²) in [4.78, 5) is 16.8. The van der Waals surface area contributed by atoms with Crippen LogP contribution in [0.4, 0.5) is 17.1 Å². The van der Waals surface area contributed by atoms with Crippen molar-refractivity contribution in [1.82, 2.24) is 20.1 Å². The lowest BCUT2D eigenvalue weighted by Crippen LogP contribution is -2.34. The number of anilines is 3. The van der Waals surface area contributed by atoms with Crippen molar-refractivity contribution in [3.05, 3.63) is 60.8 Å². The third-order valence-corrected chi connectivity index (χ3v) is 6.91. The predicted octanol–water partition coefficient (Wildman–Crippen LogP) is 3.13. The molecule has 11 nitrogen and oxygen atoms in total. The van der Waals surface area contributed by atoms with Crippen LogP contribution in [0.15, 0.2) is 55.3 Å². The Morgan fingerprint density at radius 3 is 2.74 bits per heavy atom. The van der Waals surface area contributed by atoms with Crippen LogP contribution in [0.2, 0.25) is 0 Å². The van der Waals surface area contributed by atoms with E-state index in [1.54, 1.807) is 23.0 Å². The molecule has 1 saturated heterocycles. The van der Waals surface area contributed by atoms with E-state index in [0.717, 1.165) is 41.7 Å².